The molecule has 5 rings (SSSR count). The molecule has 2 aliphatic carbocycles. The van der Waals surface area contributed by atoms with Crippen molar-refractivity contribution in [3.63, 3.8) is 0 Å². The van der Waals surface area contributed by atoms with Crippen molar-refractivity contribution in [2.45, 2.75) is 57.0 Å². The zero-order valence-electron chi connectivity index (χ0n) is 13.7. The van der Waals surface area contributed by atoms with Crippen LogP contribution in [0, 0.1) is 11.8 Å². The predicted octanol–water partition coefficient (Wildman–Crippen LogP) is 2.89. The van der Waals surface area contributed by atoms with Crippen molar-refractivity contribution in [2.24, 2.45) is 11.8 Å². The molecule has 1 aromatic rings. The van der Waals surface area contributed by atoms with E-state index in [-0.39, 0.29) is 11.3 Å². The smallest absolute Gasteiger partial charge is 0.134 e. The summed E-state index contributed by atoms with van der Waals surface area (Å²) in [6.45, 7) is 4.03. The van der Waals surface area contributed by atoms with Gasteiger partial charge in [0, 0.05) is 23.4 Å². The average Bonchev–Trinajstić information content (AvgIpc) is 2.51. The van der Waals surface area contributed by atoms with E-state index in [0.29, 0.717) is 29.5 Å². The first-order valence-corrected chi connectivity index (χ1v) is 8.52. The van der Waals surface area contributed by atoms with E-state index in [9.17, 15) is 9.90 Å². The Balaban J connectivity index is 1.87. The van der Waals surface area contributed by atoms with Crippen LogP contribution >= 0.6 is 0 Å². The van der Waals surface area contributed by atoms with Crippen molar-refractivity contribution in [2.75, 3.05) is 7.05 Å². The first-order valence-electron chi connectivity index (χ1n) is 8.52. The van der Waals surface area contributed by atoms with Crippen LogP contribution in [0.15, 0.2) is 18.2 Å². The van der Waals surface area contributed by atoms with Gasteiger partial charge in [0.15, 0.2) is 0 Å². The predicted molar refractivity (Wildman–Crippen MR) is 86.0 cm³/mol. The molecule has 22 heavy (non-hydrogen) atoms. The van der Waals surface area contributed by atoms with E-state index < -0.39 is 0 Å². The van der Waals surface area contributed by atoms with Crippen LogP contribution in [0.25, 0.3) is 0 Å². The molecule has 5 atom stereocenters. The molecule has 3 nitrogen and oxygen atoms in total. The molecule has 3 heteroatoms. The molecule has 0 amide bonds. The first kappa shape index (κ1) is 14.3. The van der Waals surface area contributed by atoms with E-state index in [0.717, 1.165) is 25.7 Å². The third-order valence-corrected chi connectivity index (χ3v) is 6.98. The van der Waals surface area contributed by atoms with Crippen LogP contribution in [-0.2, 0) is 16.6 Å². The summed E-state index contributed by atoms with van der Waals surface area (Å²) >= 11 is 0. The first-order chi connectivity index (χ1) is 10.5. The average molecular weight is 299 g/mol. The number of fused-ring (bicyclic) bond motifs is 2. The fourth-order valence-electron chi connectivity index (χ4n) is 5.87. The number of benzene rings is 1. The highest BCUT2D eigenvalue weighted by Gasteiger charge is 2.60. The number of likely N-dealkylation sites (N-methyl/N-ethyl adjacent to an activating group) is 1. The van der Waals surface area contributed by atoms with Crippen molar-refractivity contribution in [1.29, 1.82) is 0 Å². The largest absolute Gasteiger partial charge is 0.508 e. The van der Waals surface area contributed by atoms with Crippen molar-refractivity contribution < 1.29 is 9.90 Å². The molecular weight excluding hydrogens is 274 g/mol. The van der Waals surface area contributed by atoms with Crippen LogP contribution in [0.3, 0.4) is 0 Å². The maximum Gasteiger partial charge on any atom is 0.134 e. The second kappa shape index (κ2) is 4.58. The van der Waals surface area contributed by atoms with Gasteiger partial charge in [-0.1, -0.05) is 13.0 Å². The molecule has 0 aromatic heterocycles. The normalized spacial score (nSPS) is 39.6. The van der Waals surface area contributed by atoms with Gasteiger partial charge in [0.2, 0.25) is 0 Å². The number of hydrogen-bond donors (Lipinski definition) is 1. The number of carbonyl (C=O) groups is 1. The van der Waals surface area contributed by atoms with Crippen LogP contribution in [0.4, 0.5) is 0 Å². The standard InChI is InChI=1S/C19H25NO2/c1-4-19-10-18-14(11(2)21)9-16(19)17(20(18)3)7-12-5-6-13(22)8-15(12)19/h5-6,8,14,16-18,22H,4,7,9-10H2,1-3H3. The minimum absolute atomic E-state index is 0.153. The number of hydrogen-bond acceptors (Lipinski definition) is 3. The number of phenolic OH excluding ortho intramolecular Hbond substituents is 1. The lowest BCUT2D eigenvalue weighted by molar-refractivity contribution is -0.139. The summed E-state index contributed by atoms with van der Waals surface area (Å²) < 4.78 is 0. The second-order valence-electron chi connectivity index (χ2n) is 7.62. The topological polar surface area (TPSA) is 40.5 Å². The molecule has 3 fully saturated rings. The Labute approximate surface area is 132 Å². The number of phenols is 1. The van der Waals surface area contributed by atoms with E-state index in [2.05, 4.69) is 24.9 Å². The highest BCUT2D eigenvalue weighted by atomic mass is 16.3. The Hall–Kier alpha value is -1.35. The van der Waals surface area contributed by atoms with Crippen LogP contribution < -0.4 is 0 Å². The molecule has 2 saturated heterocycles. The molecule has 1 saturated carbocycles. The molecule has 2 heterocycles. The van der Waals surface area contributed by atoms with Crippen molar-refractivity contribution >= 4 is 5.78 Å². The molecule has 1 N–H and O–H groups in total. The maximum absolute atomic E-state index is 12.1. The fraction of sp³-hybridized carbons (Fsp3) is 0.632. The zero-order valence-corrected chi connectivity index (χ0v) is 13.7. The van der Waals surface area contributed by atoms with E-state index in [1.165, 1.54) is 11.1 Å². The maximum atomic E-state index is 12.1. The molecule has 4 aliphatic rings. The summed E-state index contributed by atoms with van der Waals surface area (Å²) in [5.74, 6) is 1.46. The Bertz CT molecular complexity index is 640. The summed E-state index contributed by atoms with van der Waals surface area (Å²) in [5.41, 5.74) is 2.91. The number of ketones is 1. The van der Waals surface area contributed by atoms with Gasteiger partial charge >= 0.3 is 0 Å². The number of aromatic hydroxyl groups is 1. The van der Waals surface area contributed by atoms with E-state index in [1.54, 1.807) is 6.92 Å². The lowest BCUT2D eigenvalue weighted by Gasteiger charge is -2.65. The number of rotatable bonds is 2. The third-order valence-electron chi connectivity index (χ3n) is 6.98. The molecular formula is C19H25NO2. The monoisotopic (exact) mass is 299 g/mol. The minimum Gasteiger partial charge on any atom is -0.508 e. The van der Waals surface area contributed by atoms with Gasteiger partial charge in [-0.2, -0.15) is 0 Å². The molecule has 4 bridgehead atoms. The van der Waals surface area contributed by atoms with E-state index in [1.807, 2.05) is 12.1 Å². The van der Waals surface area contributed by atoms with E-state index in [4.69, 9.17) is 0 Å². The van der Waals surface area contributed by atoms with Crippen LogP contribution in [-0.4, -0.2) is 34.9 Å². The van der Waals surface area contributed by atoms with Gasteiger partial charge < -0.3 is 5.11 Å². The van der Waals surface area contributed by atoms with Crippen molar-refractivity contribution in [3.05, 3.63) is 29.3 Å². The number of carbonyl (C=O) groups excluding carboxylic acids is 1. The quantitative estimate of drug-likeness (QED) is 0.913. The van der Waals surface area contributed by atoms with Gasteiger partial charge in [-0.25, -0.2) is 0 Å². The SMILES string of the molecule is CCC12CC3C(C(C)=O)CC1C(Cc1ccc(O)cc12)N3C. The number of piperidine rings is 2. The molecule has 0 radical (unpaired) electrons. The number of Topliss-reactive ketones (excluding diaryl/α,β-unsaturated/α-hetero) is 1. The Kier molecular flexibility index (Phi) is 2.96. The molecule has 2 aliphatic heterocycles. The summed E-state index contributed by atoms with van der Waals surface area (Å²) in [4.78, 5) is 14.6. The van der Waals surface area contributed by atoms with E-state index >= 15 is 0 Å². The van der Waals surface area contributed by atoms with Crippen molar-refractivity contribution in [1.82, 2.24) is 4.90 Å². The molecule has 118 valence electrons. The second-order valence-corrected chi connectivity index (χ2v) is 7.62. The van der Waals surface area contributed by atoms with Gasteiger partial charge in [0.1, 0.15) is 11.5 Å². The summed E-state index contributed by atoms with van der Waals surface area (Å²) in [6, 6.07) is 6.84. The van der Waals surface area contributed by atoms with Crippen LogP contribution in [0.2, 0.25) is 0 Å². The van der Waals surface area contributed by atoms with Crippen LogP contribution in [0.1, 0.15) is 44.2 Å². The molecule has 1 aromatic carbocycles. The lowest BCUT2D eigenvalue weighted by Crippen LogP contribution is -2.69. The Morgan fingerprint density at radius 2 is 2.18 bits per heavy atom. The minimum atomic E-state index is 0.153. The van der Waals surface area contributed by atoms with Gasteiger partial charge in [0.25, 0.3) is 0 Å². The molecule has 5 unspecified atom stereocenters. The zero-order chi connectivity index (χ0) is 15.6. The summed E-state index contributed by atoms with van der Waals surface area (Å²) in [7, 11) is 2.21. The highest BCUT2D eigenvalue weighted by molar-refractivity contribution is 5.79. The highest BCUT2D eigenvalue weighted by Crippen LogP contribution is 2.59. The lowest BCUT2D eigenvalue weighted by atomic mass is 9.48. The van der Waals surface area contributed by atoms with Crippen LogP contribution in [0.5, 0.6) is 5.75 Å². The van der Waals surface area contributed by atoms with Gasteiger partial charge in [-0.3, -0.25) is 9.69 Å². The third kappa shape index (κ3) is 1.63. The number of nitrogens with zero attached hydrogens (tertiary/aromatic N) is 1. The fourth-order valence-corrected chi connectivity index (χ4v) is 5.87. The Morgan fingerprint density at radius 3 is 2.86 bits per heavy atom. The summed E-state index contributed by atoms with van der Waals surface area (Å²) in [5, 5.41) is 9.99. The Morgan fingerprint density at radius 1 is 1.41 bits per heavy atom. The van der Waals surface area contributed by atoms with Gasteiger partial charge in [-0.15, -0.1) is 0 Å². The molecule has 0 spiro atoms. The van der Waals surface area contributed by atoms with Gasteiger partial charge in [-0.05, 0) is 68.8 Å². The van der Waals surface area contributed by atoms with Gasteiger partial charge in [0.05, 0.1) is 0 Å². The summed E-state index contributed by atoms with van der Waals surface area (Å²) in [6.07, 6.45) is 4.24. The van der Waals surface area contributed by atoms with Crippen molar-refractivity contribution in [3.8, 4) is 5.75 Å².